The van der Waals surface area contributed by atoms with Gasteiger partial charge in [-0.1, -0.05) is 69.5 Å². The number of unbranched alkanes of at least 4 members (excludes halogenated alkanes) is 2. The fourth-order valence-corrected chi connectivity index (χ4v) is 6.96. The Morgan fingerprint density at radius 2 is 1.69 bits per heavy atom. The quantitative estimate of drug-likeness (QED) is 0.197. The molecule has 0 radical (unpaired) electrons. The molecule has 8 nitrogen and oxygen atoms in total. The third-order valence-electron chi connectivity index (χ3n) is 9.17. The third kappa shape index (κ3) is 6.96. The fourth-order valence-electron chi connectivity index (χ4n) is 6.96. The van der Waals surface area contributed by atoms with Crippen molar-refractivity contribution in [3.63, 3.8) is 0 Å². The maximum atomic E-state index is 13.8. The highest BCUT2D eigenvalue weighted by Gasteiger charge is 2.48. The molecule has 5 rings (SSSR count). The number of hydrogen-bond donors (Lipinski definition) is 2. The molecule has 0 spiro atoms. The van der Waals surface area contributed by atoms with Gasteiger partial charge in [-0.15, -0.1) is 0 Å². The highest BCUT2D eigenvalue weighted by Crippen LogP contribution is 2.49. The predicted octanol–water partition coefficient (Wildman–Crippen LogP) is 7.21. The molecule has 1 amide bonds. The Bertz CT molecular complexity index is 1490. The van der Waals surface area contributed by atoms with Crippen LogP contribution in [0.3, 0.4) is 0 Å². The number of amides is 1. The second-order valence-electron chi connectivity index (χ2n) is 12.2. The van der Waals surface area contributed by atoms with Crippen LogP contribution in [0.15, 0.2) is 48.5 Å². The Morgan fingerprint density at radius 3 is 2.33 bits per heavy atom. The summed E-state index contributed by atoms with van der Waals surface area (Å²) in [5, 5.41) is 13.9. The number of likely N-dealkylation sites (tertiary alicyclic amines) is 1. The minimum Gasteiger partial charge on any atom is -0.494 e. The van der Waals surface area contributed by atoms with E-state index in [2.05, 4.69) is 45.1 Å². The van der Waals surface area contributed by atoms with E-state index in [1.54, 1.807) is 0 Å². The number of carbonyl (C=O) groups is 2. The number of ether oxygens (including phenoxy) is 3. The number of nitrogens with one attached hydrogen (secondary N) is 1. The predicted molar refractivity (Wildman–Crippen MR) is 176 cm³/mol. The number of hydrogen-bond acceptors (Lipinski definition) is 6. The minimum absolute atomic E-state index is 0.0595. The molecule has 1 fully saturated rings. The standard InChI is InChI=1S/C37H46N2O6/c1-6-9-10-17-43-28-13-11-27(12-14-28)35-33(37(41)42)30(29-15-16-31-36(24(29)5)45-22-44-31)20-39(35)21-32(40)38-34-25(7-2)18-23(4)19-26(34)8-3/h11-16,18-19,30,33,35H,6-10,17,20-22H2,1-5H3,(H,38,40)(H,41,42)/t30-,33?,35+/m1/s1. The molecule has 2 heterocycles. The molecule has 0 aliphatic carbocycles. The van der Waals surface area contributed by atoms with E-state index in [0.717, 1.165) is 71.4 Å². The van der Waals surface area contributed by atoms with E-state index < -0.39 is 17.9 Å². The molecule has 8 heteroatoms. The number of fused-ring (bicyclic) bond motifs is 1. The molecule has 0 saturated carbocycles. The summed E-state index contributed by atoms with van der Waals surface area (Å²) in [5.74, 6) is -0.124. The van der Waals surface area contributed by atoms with Crippen LogP contribution in [0.1, 0.15) is 85.4 Å². The largest absolute Gasteiger partial charge is 0.494 e. The van der Waals surface area contributed by atoms with Crippen molar-refractivity contribution in [2.24, 2.45) is 5.92 Å². The Labute approximate surface area is 266 Å². The first-order valence-corrected chi connectivity index (χ1v) is 16.3. The molecule has 3 aromatic rings. The Kier molecular flexibility index (Phi) is 10.3. The van der Waals surface area contributed by atoms with Crippen LogP contribution in [-0.4, -0.2) is 48.4 Å². The molecule has 2 N–H and O–H groups in total. The van der Waals surface area contributed by atoms with Crippen LogP contribution in [-0.2, 0) is 22.4 Å². The first kappa shape index (κ1) is 32.4. The Morgan fingerprint density at radius 1 is 0.978 bits per heavy atom. The van der Waals surface area contributed by atoms with Crippen molar-refractivity contribution in [3.8, 4) is 17.2 Å². The third-order valence-corrected chi connectivity index (χ3v) is 9.17. The zero-order valence-electron chi connectivity index (χ0n) is 27.2. The first-order chi connectivity index (χ1) is 21.7. The topological polar surface area (TPSA) is 97.3 Å². The lowest BCUT2D eigenvalue weighted by Gasteiger charge is -2.27. The number of anilines is 1. The number of nitrogens with zero attached hydrogens (tertiary/aromatic N) is 1. The van der Waals surface area contributed by atoms with Crippen molar-refractivity contribution in [1.82, 2.24) is 4.90 Å². The van der Waals surface area contributed by atoms with Crippen molar-refractivity contribution in [1.29, 1.82) is 0 Å². The van der Waals surface area contributed by atoms with Crippen LogP contribution < -0.4 is 19.5 Å². The molecule has 2 aliphatic heterocycles. The van der Waals surface area contributed by atoms with E-state index >= 15 is 0 Å². The smallest absolute Gasteiger partial charge is 0.309 e. The van der Waals surface area contributed by atoms with Crippen LogP contribution in [0.25, 0.3) is 0 Å². The lowest BCUT2D eigenvalue weighted by atomic mass is 9.81. The van der Waals surface area contributed by atoms with Gasteiger partial charge in [0.25, 0.3) is 0 Å². The van der Waals surface area contributed by atoms with E-state index in [1.807, 2.05) is 48.2 Å². The van der Waals surface area contributed by atoms with Gasteiger partial charge in [-0.2, -0.15) is 0 Å². The molecule has 3 aromatic carbocycles. The van der Waals surface area contributed by atoms with Crippen LogP contribution in [0, 0.1) is 19.8 Å². The summed E-state index contributed by atoms with van der Waals surface area (Å²) in [6, 6.07) is 15.2. The Balaban J connectivity index is 1.47. The molecule has 1 saturated heterocycles. The van der Waals surface area contributed by atoms with Crippen LogP contribution in [0.4, 0.5) is 5.69 Å². The van der Waals surface area contributed by atoms with Gasteiger partial charge in [-0.3, -0.25) is 14.5 Å². The van der Waals surface area contributed by atoms with Gasteiger partial charge in [0.1, 0.15) is 5.75 Å². The normalized spacial score (nSPS) is 19.1. The van der Waals surface area contributed by atoms with Crippen LogP contribution in [0.5, 0.6) is 17.2 Å². The Hall–Kier alpha value is -4.04. The van der Waals surface area contributed by atoms with Gasteiger partial charge in [-0.05, 0) is 79.1 Å². The van der Waals surface area contributed by atoms with Gasteiger partial charge in [0, 0.05) is 24.2 Å². The van der Waals surface area contributed by atoms with Gasteiger partial charge in [-0.25, -0.2) is 0 Å². The number of carbonyl (C=O) groups excluding carboxylic acids is 1. The monoisotopic (exact) mass is 614 g/mol. The highest BCUT2D eigenvalue weighted by molar-refractivity contribution is 5.94. The molecule has 240 valence electrons. The van der Waals surface area contributed by atoms with E-state index in [-0.39, 0.29) is 25.2 Å². The van der Waals surface area contributed by atoms with E-state index in [9.17, 15) is 14.7 Å². The second-order valence-corrected chi connectivity index (χ2v) is 12.2. The number of rotatable bonds is 13. The maximum Gasteiger partial charge on any atom is 0.309 e. The first-order valence-electron chi connectivity index (χ1n) is 16.3. The van der Waals surface area contributed by atoms with Crippen molar-refractivity contribution in [2.45, 2.75) is 78.7 Å². The average molecular weight is 615 g/mol. The van der Waals surface area contributed by atoms with Crippen LogP contribution in [0.2, 0.25) is 0 Å². The lowest BCUT2D eigenvalue weighted by Crippen LogP contribution is -2.35. The summed E-state index contributed by atoms with van der Waals surface area (Å²) in [7, 11) is 0. The van der Waals surface area contributed by atoms with Crippen molar-refractivity contribution < 1.29 is 28.9 Å². The molecule has 3 atom stereocenters. The van der Waals surface area contributed by atoms with Crippen molar-refractivity contribution >= 4 is 17.6 Å². The summed E-state index contributed by atoms with van der Waals surface area (Å²) in [5.41, 5.74) is 6.86. The van der Waals surface area contributed by atoms with Crippen LogP contribution >= 0.6 is 0 Å². The molecular formula is C37H46N2O6. The van der Waals surface area contributed by atoms with Gasteiger partial charge >= 0.3 is 5.97 Å². The van der Waals surface area contributed by atoms with Gasteiger partial charge in [0.15, 0.2) is 11.5 Å². The van der Waals surface area contributed by atoms with Crippen molar-refractivity contribution in [3.05, 3.63) is 81.9 Å². The SMILES string of the molecule is CCCCCOc1ccc([C@H]2C(C(=O)O)[C@@H](c3ccc4c(c3C)OCO4)CN2CC(=O)Nc2c(CC)cc(C)cc2CC)cc1. The minimum atomic E-state index is -0.898. The van der Waals surface area contributed by atoms with Crippen molar-refractivity contribution in [2.75, 3.05) is 31.8 Å². The summed E-state index contributed by atoms with van der Waals surface area (Å²) < 4.78 is 17.3. The fraction of sp³-hybridized carbons (Fsp3) is 0.459. The molecule has 0 bridgehead atoms. The molecular weight excluding hydrogens is 568 g/mol. The van der Waals surface area contributed by atoms with Gasteiger partial charge < -0.3 is 24.6 Å². The lowest BCUT2D eigenvalue weighted by molar-refractivity contribution is -0.143. The highest BCUT2D eigenvalue weighted by atomic mass is 16.7. The molecule has 1 unspecified atom stereocenters. The number of aryl methyl sites for hydroxylation is 3. The van der Waals surface area contributed by atoms with Gasteiger partial charge in [0.2, 0.25) is 12.7 Å². The van der Waals surface area contributed by atoms with E-state index in [0.29, 0.717) is 24.7 Å². The zero-order chi connectivity index (χ0) is 32.1. The summed E-state index contributed by atoms with van der Waals surface area (Å²) >= 11 is 0. The number of benzene rings is 3. The molecule has 2 aliphatic rings. The number of carboxylic acid groups (broad SMARTS) is 1. The number of carboxylic acids is 1. The van der Waals surface area contributed by atoms with E-state index in [4.69, 9.17) is 14.2 Å². The zero-order valence-corrected chi connectivity index (χ0v) is 27.2. The molecule has 0 aromatic heterocycles. The molecule has 45 heavy (non-hydrogen) atoms. The average Bonchev–Trinajstić information content (AvgIpc) is 3.66. The summed E-state index contributed by atoms with van der Waals surface area (Å²) in [4.78, 5) is 28.9. The maximum absolute atomic E-state index is 13.8. The number of aliphatic carboxylic acids is 1. The second kappa shape index (κ2) is 14.4. The summed E-state index contributed by atoms with van der Waals surface area (Å²) in [6.07, 6.45) is 4.83. The van der Waals surface area contributed by atoms with Gasteiger partial charge in [0.05, 0.1) is 19.1 Å². The van der Waals surface area contributed by atoms with E-state index in [1.165, 1.54) is 5.56 Å². The summed E-state index contributed by atoms with van der Waals surface area (Å²) in [6.45, 7) is 11.6.